The van der Waals surface area contributed by atoms with Crippen molar-refractivity contribution in [1.82, 2.24) is 20.0 Å². The Morgan fingerprint density at radius 1 is 0.939 bits per heavy atom. The zero-order chi connectivity index (χ0) is 22.8. The molecule has 0 N–H and O–H groups in total. The molecule has 2 fully saturated rings. The molecule has 3 aromatic heterocycles. The molecule has 10 heteroatoms. The van der Waals surface area contributed by atoms with Gasteiger partial charge in [0.2, 0.25) is 5.91 Å². The molecule has 33 heavy (non-hydrogen) atoms. The van der Waals surface area contributed by atoms with Crippen LogP contribution in [0.25, 0.3) is 10.6 Å². The summed E-state index contributed by atoms with van der Waals surface area (Å²) in [6.07, 6.45) is 3.10. The number of rotatable bonds is 4. The maximum absolute atomic E-state index is 13.1. The first-order valence-corrected chi connectivity index (χ1v) is 12.7. The van der Waals surface area contributed by atoms with Crippen LogP contribution < -0.4 is 4.90 Å². The number of hydrogen-bond donors (Lipinski definition) is 0. The maximum atomic E-state index is 13.1. The quantitative estimate of drug-likeness (QED) is 0.511. The van der Waals surface area contributed by atoms with Crippen LogP contribution in [0.4, 0.5) is 5.82 Å². The zero-order valence-corrected chi connectivity index (χ0v) is 20.4. The molecule has 5 heterocycles. The van der Waals surface area contributed by atoms with Gasteiger partial charge in [0.1, 0.15) is 5.69 Å². The van der Waals surface area contributed by atoms with E-state index in [9.17, 15) is 9.59 Å². The summed E-state index contributed by atoms with van der Waals surface area (Å²) < 4.78 is 6.28. The number of aromatic nitrogens is 2. The molecular formula is C23H24BrN5O3S. The fourth-order valence-corrected chi connectivity index (χ4v) is 5.73. The Labute approximate surface area is 204 Å². The highest BCUT2D eigenvalue weighted by Crippen LogP contribution is 2.31. The summed E-state index contributed by atoms with van der Waals surface area (Å²) in [6.45, 7) is 3.77. The number of piperazine rings is 1. The lowest BCUT2D eigenvalue weighted by Crippen LogP contribution is -2.53. The molecule has 0 unspecified atom stereocenters. The summed E-state index contributed by atoms with van der Waals surface area (Å²) in [5.41, 5.74) is 0.865. The van der Waals surface area contributed by atoms with Crippen LogP contribution in [-0.4, -0.2) is 71.1 Å². The van der Waals surface area contributed by atoms with E-state index >= 15 is 0 Å². The maximum Gasteiger partial charge on any atom is 0.289 e. The lowest BCUT2D eigenvalue weighted by atomic mass is 9.95. The van der Waals surface area contributed by atoms with E-state index in [2.05, 4.69) is 31.0 Å². The molecule has 0 aromatic carbocycles. The van der Waals surface area contributed by atoms with E-state index in [0.717, 1.165) is 46.1 Å². The third-order valence-corrected chi connectivity index (χ3v) is 7.90. The van der Waals surface area contributed by atoms with E-state index in [4.69, 9.17) is 4.42 Å². The highest BCUT2D eigenvalue weighted by Gasteiger charge is 2.32. The molecule has 2 amide bonds. The van der Waals surface area contributed by atoms with Gasteiger partial charge in [0, 0.05) is 45.2 Å². The van der Waals surface area contributed by atoms with E-state index < -0.39 is 0 Å². The van der Waals surface area contributed by atoms with Gasteiger partial charge < -0.3 is 19.1 Å². The molecule has 2 saturated heterocycles. The fraction of sp³-hybridized carbons (Fsp3) is 0.391. The SMILES string of the molecule is O=C(c1ccco1)N1CCN(C(=O)C2CCN(c3ccc(-c4ccc(Br)s4)nn3)CC2)CC1. The molecule has 172 valence electrons. The summed E-state index contributed by atoms with van der Waals surface area (Å²) in [5, 5.41) is 8.81. The third-order valence-electron chi connectivity index (χ3n) is 6.25. The van der Waals surface area contributed by atoms with Crippen LogP contribution in [0.1, 0.15) is 23.4 Å². The minimum Gasteiger partial charge on any atom is -0.459 e. The van der Waals surface area contributed by atoms with E-state index in [-0.39, 0.29) is 17.7 Å². The first-order chi connectivity index (χ1) is 16.1. The standard InChI is InChI=1S/C23H24BrN5O3S/c24-20-5-4-19(33-20)17-3-6-21(26-25-17)27-9-7-16(8-10-27)22(30)28-11-13-29(14-12-28)23(31)18-2-1-15-32-18/h1-6,15-16H,7-14H2. The topological polar surface area (TPSA) is 82.8 Å². The fourth-order valence-electron chi connectivity index (χ4n) is 4.38. The van der Waals surface area contributed by atoms with Crippen molar-refractivity contribution in [3.05, 3.63) is 52.2 Å². The van der Waals surface area contributed by atoms with Crippen molar-refractivity contribution in [2.24, 2.45) is 5.92 Å². The van der Waals surface area contributed by atoms with Gasteiger partial charge in [0.25, 0.3) is 5.91 Å². The van der Waals surface area contributed by atoms with Gasteiger partial charge in [0.15, 0.2) is 11.6 Å². The van der Waals surface area contributed by atoms with Crippen molar-refractivity contribution in [2.45, 2.75) is 12.8 Å². The van der Waals surface area contributed by atoms with Gasteiger partial charge in [-0.1, -0.05) is 0 Å². The molecule has 0 spiro atoms. The molecule has 0 bridgehead atoms. The molecule has 2 aliphatic rings. The molecular weight excluding hydrogens is 506 g/mol. The van der Waals surface area contributed by atoms with E-state index in [1.54, 1.807) is 28.4 Å². The number of thiophene rings is 1. The Balaban J connectivity index is 1.11. The van der Waals surface area contributed by atoms with E-state index in [0.29, 0.717) is 31.9 Å². The third kappa shape index (κ3) is 4.81. The van der Waals surface area contributed by atoms with Crippen molar-refractivity contribution in [3.63, 3.8) is 0 Å². The van der Waals surface area contributed by atoms with Crippen LogP contribution in [0, 0.1) is 5.92 Å². The van der Waals surface area contributed by atoms with Gasteiger partial charge in [-0.05, 0) is 65.2 Å². The van der Waals surface area contributed by atoms with Crippen LogP contribution in [-0.2, 0) is 4.79 Å². The zero-order valence-electron chi connectivity index (χ0n) is 18.0. The second-order valence-corrected chi connectivity index (χ2v) is 10.7. The van der Waals surface area contributed by atoms with Crippen LogP contribution >= 0.6 is 27.3 Å². The molecule has 3 aromatic rings. The number of anilines is 1. The largest absolute Gasteiger partial charge is 0.459 e. The summed E-state index contributed by atoms with van der Waals surface area (Å²) in [7, 11) is 0. The predicted molar refractivity (Wildman–Crippen MR) is 129 cm³/mol. The van der Waals surface area contributed by atoms with Crippen molar-refractivity contribution in [2.75, 3.05) is 44.2 Å². The molecule has 8 nitrogen and oxygen atoms in total. The number of carbonyl (C=O) groups excluding carboxylic acids is 2. The van der Waals surface area contributed by atoms with E-state index in [1.165, 1.54) is 6.26 Å². The van der Waals surface area contributed by atoms with Gasteiger partial charge in [0.05, 0.1) is 14.9 Å². The highest BCUT2D eigenvalue weighted by molar-refractivity contribution is 9.11. The highest BCUT2D eigenvalue weighted by atomic mass is 79.9. The molecule has 0 saturated carbocycles. The van der Waals surface area contributed by atoms with Crippen LogP contribution in [0.5, 0.6) is 0 Å². The lowest BCUT2D eigenvalue weighted by Gasteiger charge is -2.38. The molecule has 0 radical (unpaired) electrons. The van der Waals surface area contributed by atoms with Crippen molar-refractivity contribution in [1.29, 1.82) is 0 Å². The second kappa shape index (κ2) is 9.64. The van der Waals surface area contributed by atoms with Gasteiger partial charge in [-0.2, -0.15) is 0 Å². The van der Waals surface area contributed by atoms with Gasteiger partial charge >= 0.3 is 0 Å². The number of nitrogens with zero attached hydrogens (tertiary/aromatic N) is 5. The van der Waals surface area contributed by atoms with Crippen molar-refractivity contribution < 1.29 is 14.0 Å². The van der Waals surface area contributed by atoms with Gasteiger partial charge in [-0.15, -0.1) is 21.5 Å². The van der Waals surface area contributed by atoms with Gasteiger partial charge in [-0.3, -0.25) is 9.59 Å². The lowest BCUT2D eigenvalue weighted by molar-refractivity contribution is -0.137. The Hall–Kier alpha value is -2.72. The summed E-state index contributed by atoms with van der Waals surface area (Å²) in [4.78, 5) is 32.4. The number of piperidine rings is 1. The Kier molecular flexibility index (Phi) is 6.45. The molecule has 2 aliphatic heterocycles. The molecule has 5 rings (SSSR count). The minimum absolute atomic E-state index is 0.0178. The number of carbonyl (C=O) groups is 2. The average molecular weight is 530 g/mol. The smallest absolute Gasteiger partial charge is 0.289 e. The number of furan rings is 1. The number of hydrogen-bond acceptors (Lipinski definition) is 7. The number of amides is 2. The number of halogens is 1. The van der Waals surface area contributed by atoms with Crippen LogP contribution in [0.2, 0.25) is 0 Å². The van der Waals surface area contributed by atoms with Crippen molar-refractivity contribution >= 4 is 44.9 Å². The van der Waals surface area contributed by atoms with Gasteiger partial charge in [-0.25, -0.2) is 0 Å². The monoisotopic (exact) mass is 529 g/mol. The summed E-state index contributed by atoms with van der Waals surface area (Å²) in [5.74, 6) is 1.31. The predicted octanol–water partition coefficient (Wildman–Crippen LogP) is 3.76. The van der Waals surface area contributed by atoms with Crippen LogP contribution in [0.15, 0.2) is 50.9 Å². The second-order valence-electron chi connectivity index (χ2n) is 8.24. The first-order valence-electron chi connectivity index (χ1n) is 11.0. The summed E-state index contributed by atoms with van der Waals surface area (Å²) in [6, 6.07) is 11.4. The first kappa shape index (κ1) is 22.1. The summed E-state index contributed by atoms with van der Waals surface area (Å²) >= 11 is 5.11. The molecule has 0 atom stereocenters. The molecule has 0 aliphatic carbocycles. The normalized spacial score (nSPS) is 17.4. The Morgan fingerprint density at radius 3 is 2.30 bits per heavy atom. The Morgan fingerprint density at radius 2 is 1.70 bits per heavy atom. The Bertz CT molecular complexity index is 1100. The van der Waals surface area contributed by atoms with E-state index in [1.807, 2.05) is 29.2 Å². The minimum atomic E-state index is -0.112. The average Bonchev–Trinajstić information content (AvgIpc) is 3.56. The van der Waals surface area contributed by atoms with Crippen molar-refractivity contribution in [3.8, 4) is 10.6 Å². The van der Waals surface area contributed by atoms with Crippen LogP contribution in [0.3, 0.4) is 0 Å².